The molecule has 0 unspecified atom stereocenters. The van der Waals surface area contributed by atoms with Crippen molar-refractivity contribution in [3.05, 3.63) is 47.2 Å². The molecule has 0 radical (unpaired) electrons. The largest absolute Gasteiger partial charge is 0.366 e. The van der Waals surface area contributed by atoms with Gasteiger partial charge in [0.1, 0.15) is 23.2 Å². The fourth-order valence-electron chi connectivity index (χ4n) is 5.64. The van der Waals surface area contributed by atoms with E-state index in [0.717, 1.165) is 18.7 Å². The first-order valence-electron chi connectivity index (χ1n) is 12.3. The molecule has 1 aromatic carbocycles. The number of carbonyl (C=O) groups is 1. The van der Waals surface area contributed by atoms with E-state index < -0.39 is 23.2 Å². The van der Waals surface area contributed by atoms with Gasteiger partial charge >= 0.3 is 0 Å². The lowest BCUT2D eigenvalue weighted by molar-refractivity contribution is 0.0124. The predicted molar refractivity (Wildman–Crippen MR) is 130 cm³/mol. The molecule has 2 heterocycles. The van der Waals surface area contributed by atoms with E-state index in [2.05, 4.69) is 32.4 Å². The number of benzene rings is 1. The Kier molecular flexibility index (Phi) is 5.95. The van der Waals surface area contributed by atoms with Crippen molar-refractivity contribution >= 4 is 22.8 Å². The van der Waals surface area contributed by atoms with E-state index >= 15 is 0 Å². The summed E-state index contributed by atoms with van der Waals surface area (Å²) in [5.41, 5.74) is 1.54. The molecule has 2 N–H and O–H groups in total. The first-order valence-corrected chi connectivity index (χ1v) is 12.3. The van der Waals surface area contributed by atoms with Crippen molar-refractivity contribution in [2.24, 2.45) is 10.8 Å². The number of hydrogen-bond acceptors (Lipinski definition) is 5. The van der Waals surface area contributed by atoms with Crippen molar-refractivity contribution in [3.63, 3.8) is 0 Å². The lowest BCUT2D eigenvalue weighted by Gasteiger charge is -2.52. The van der Waals surface area contributed by atoms with Gasteiger partial charge in [0.2, 0.25) is 0 Å². The Balaban J connectivity index is 1.32. The molecule has 6 rings (SSSR count). The number of halogens is 3. The zero-order valence-corrected chi connectivity index (χ0v) is 20.8. The number of alkyl halides is 2. The summed E-state index contributed by atoms with van der Waals surface area (Å²) in [5, 5.41) is 10.7. The predicted octanol–water partition coefficient (Wildman–Crippen LogP) is 5.65. The summed E-state index contributed by atoms with van der Waals surface area (Å²) < 4.78 is 41.3. The van der Waals surface area contributed by atoms with Crippen LogP contribution in [0.25, 0.3) is 11.0 Å². The molecule has 0 spiro atoms. The van der Waals surface area contributed by atoms with Gasteiger partial charge in [-0.05, 0) is 67.1 Å². The summed E-state index contributed by atoms with van der Waals surface area (Å²) in [4.78, 5) is 23.1. The van der Waals surface area contributed by atoms with Gasteiger partial charge in [-0.25, -0.2) is 23.1 Å². The monoisotopic (exact) mass is 500 g/mol. The van der Waals surface area contributed by atoms with Crippen molar-refractivity contribution < 1.29 is 18.0 Å². The maximum atomic E-state index is 13.9. The second-order valence-electron chi connectivity index (χ2n) is 11.0. The van der Waals surface area contributed by atoms with Crippen molar-refractivity contribution in [2.45, 2.75) is 64.8 Å². The van der Waals surface area contributed by atoms with Crippen LogP contribution in [0.3, 0.4) is 0 Å². The average Bonchev–Trinajstić information content (AvgIpc) is 3.27. The van der Waals surface area contributed by atoms with Gasteiger partial charge in [-0.15, -0.1) is 0 Å². The topological polar surface area (TPSA) is 86.8 Å². The second-order valence-corrected chi connectivity index (χ2v) is 11.0. The van der Waals surface area contributed by atoms with Crippen molar-refractivity contribution in [2.75, 3.05) is 18.9 Å². The first kappa shape index (κ1) is 24.5. The Bertz CT molecular complexity index is 1280. The van der Waals surface area contributed by atoms with Crippen LogP contribution in [0.4, 0.5) is 19.0 Å². The number of fused-ring (bicyclic) bond motifs is 4. The molecule has 3 aliphatic rings. The summed E-state index contributed by atoms with van der Waals surface area (Å²) in [6.45, 7) is 3.86. The number of aromatic nitrogens is 4. The quantitative estimate of drug-likeness (QED) is 0.438. The molecule has 3 aromatic rings. The maximum absolute atomic E-state index is 13.9. The van der Waals surface area contributed by atoms with Gasteiger partial charge in [-0.3, -0.25) is 9.89 Å². The number of hydrogen-bond donors (Lipinski definition) is 2. The average molecular weight is 501 g/mol. The van der Waals surface area contributed by atoms with E-state index in [9.17, 15) is 18.0 Å². The Morgan fingerprint density at radius 3 is 2.53 bits per heavy atom. The fourth-order valence-corrected chi connectivity index (χ4v) is 5.64. The first-order chi connectivity index (χ1) is 17.0. The number of H-pyrrole nitrogens is 1. The van der Waals surface area contributed by atoms with Crippen LogP contribution in [0.2, 0.25) is 0 Å². The number of amides is 1. The Morgan fingerprint density at radius 1 is 1.17 bits per heavy atom. The minimum absolute atomic E-state index is 0.00831. The summed E-state index contributed by atoms with van der Waals surface area (Å²) in [6, 6.07) is 3.47. The van der Waals surface area contributed by atoms with Crippen LogP contribution in [0.5, 0.6) is 0 Å². The molecular formula is C26H31F3N6O. The molecule has 10 heteroatoms. The summed E-state index contributed by atoms with van der Waals surface area (Å²) in [6.07, 6.45) is 8.72. The number of carbonyl (C=O) groups excluding carboxylic acids is 1. The minimum Gasteiger partial charge on any atom is -0.366 e. The summed E-state index contributed by atoms with van der Waals surface area (Å²) in [7, 11) is 1.54. The van der Waals surface area contributed by atoms with E-state index in [0.29, 0.717) is 34.8 Å². The van der Waals surface area contributed by atoms with Gasteiger partial charge < -0.3 is 10.2 Å². The Hall–Kier alpha value is -3.17. The number of rotatable bonds is 7. The second kappa shape index (κ2) is 8.74. The molecule has 3 aliphatic carbocycles. The molecule has 36 heavy (non-hydrogen) atoms. The van der Waals surface area contributed by atoms with Gasteiger partial charge in [-0.1, -0.05) is 13.0 Å². The zero-order valence-electron chi connectivity index (χ0n) is 20.8. The van der Waals surface area contributed by atoms with Crippen LogP contribution >= 0.6 is 0 Å². The van der Waals surface area contributed by atoms with Crippen molar-refractivity contribution in [1.82, 2.24) is 25.1 Å². The van der Waals surface area contributed by atoms with Gasteiger partial charge in [0.15, 0.2) is 11.5 Å². The van der Waals surface area contributed by atoms with Crippen LogP contribution in [-0.2, 0) is 12.5 Å². The highest BCUT2D eigenvalue weighted by Gasteiger charge is 2.46. The summed E-state index contributed by atoms with van der Waals surface area (Å²) >= 11 is 0. The highest BCUT2D eigenvalue weighted by Crippen LogP contribution is 2.56. The van der Waals surface area contributed by atoms with E-state index in [1.54, 1.807) is 0 Å². The van der Waals surface area contributed by atoms with E-state index in [-0.39, 0.29) is 17.7 Å². The van der Waals surface area contributed by atoms with Gasteiger partial charge in [0, 0.05) is 27.1 Å². The van der Waals surface area contributed by atoms with Crippen molar-refractivity contribution in [1.29, 1.82) is 0 Å². The highest BCUT2D eigenvalue weighted by atomic mass is 19.3. The molecule has 2 aromatic heterocycles. The smallest absolute Gasteiger partial charge is 0.274 e. The zero-order chi connectivity index (χ0) is 25.7. The maximum Gasteiger partial charge on any atom is 0.274 e. The molecule has 0 saturated heterocycles. The molecule has 3 saturated carbocycles. The molecule has 1 amide bonds. The van der Waals surface area contributed by atoms with E-state index in [1.165, 1.54) is 62.9 Å². The number of nitrogens with one attached hydrogen (secondary N) is 2. The lowest BCUT2D eigenvalue weighted by atomic mass is 9.54. The van der Waals surface area contributed by atoms with Crippen molar-refractivity contribution in [3.8, 4) is 0 Å². The van der Waals surface area contributed by atoms with E-state index in [1.807, 2.05) is 0 Å². The minimum atomic E-state index is -3.32. The molecule has 2 bridgehead atoms. The third-order valence-corrected chi connectivity index (χ3v) is 8.23. The number of anilines is 1. The molecule has 0 aliphatic heterocycles. The molecule has 0 atom stereocenters. The Morgan fingerprint density at radius 2 is 1.86 bits per heavy atom. The number of nitrogens with zero attached hydrogens (tertiary/aromatic N) is 4. The third kappa shape index (κ3) is 4.53. The molecule has 7 nitrogen and oxygen atoms in total. The standard InChI is InChI=1S/C26H31F3N6O/c1-24-6-9-26(10-7-24,11-8-24)14-30-22-20-19(33-34-22)21(32-15-31-20)23(36)35(3)13-16-4-5-18(27)17(12-16)25(2,28)29/h4-5,12,15H,6-11,13-14H2,1-3H3,(H2,30,33,34). The highest BCUT2D eigenvalue weighted by molar-refractivity contribution is 6.04. The summed E-state index contributed by atoms with van der Waals surface area (Å²) in [5.74, 6) is -4.14. The van der Waals surface area contributed by atoms with Gasteiger partial charge in [0.25, 0.3) is 11.8 Å². The van der Waals surface area contributed by atoms with Crippen LogP contribution in [0.1, 0.15) is 74.0 Å². The van der Waals surface area contributed by atoms with Crippen LogP contribution in [0, 0.1) is 16.6 Å². The van der Waals surface area contributed by atoms with Crippen LogP contribution in [0.15, 0.2) is 24.5 Å². The van der Waals surface area contributed by atoms with E-state index in [4.69, 9.17) is 0 Å². The van der Waals surface area contributed by atoms with Crippen LogP contribution < -0.4 is 5.32 Å². The number of aromatic amines is 1. The van der Waals surface area contributed by atoms with Gasteiger partial charge in [-0.2, -0.15) is 5.10 Å². The SMILES string of the molecule is CN(Cc1ccc(F)c(C(C)(F)F)c1)C(=O)c1ncnc2c(NCC34CCC(C)(CC3)CC4)n[nH]c12. The Labute approximate surface area is 207 Å². The fraction of sp³-hybridized carbons (Fsp3) is 0.538. The van der Waals surface area contributed by atoms with Gasteiger partial charge in [0.05, 0.1) is 5.56 Å². The van der Waals surface area contributed by atoms with Crippen LogP contribution in [-0.4, -0.2) is 44.6 Å². The lowest BCUT2D eigenvalue weighted by Crippen LogP contribution is -2.43. The third-order valence-electron chi connectivity index (χ3n) is 8.23. The molecule has 3 fully saturated rings. The molecular weight excluding hydrogens is 469 g/mol. The molecule has 192 valence electrons. The normalized spacial score (nSPS) is 23.7.